The Hall–Kier alpha value is -2.09. The molecule has 1 N–H and O–H groups in total. The molecule has 0 fully saturated rings. The normalized spacial score (nSPS) is 23.6. The Morgan fingerprint density at radius 3 is 2.67 bits per heavy atom. The summed E-state index contributed by atoms with van der Waals surface area (Å²) in [5.41, 5.74) is 5.92. The van der Waals surface area contributed by atoms with Crippen LogP contribution in [0.4, 0.5) is 0 Å². The molecule has 1 heterocycles. The third kappa shape index (κ3) is 2.15. The molecule has 1 atom stereocenters. The first-order valence-electron chi connectivity index (χ1n) is 7.71. The fourth-order valence-electron chi connectivity index (χ4n) is 3.78. The van der Waals surface area contributed by atoms with E-state index in [1.165, 1.54) is 28.7 Å². The van der Waals surface area contributed by atoms with Gasteiger partial charge in [-0.2, -0.15) is 0 Å². The topological polar surface area (TPSA) is 24.4 Å². The quantitative estimate of drug-likeness (QED) is 0.845. The zero-order valence-electron chi connectivity index (χ0n) is 12.4. The number of hydrogen-bond donors (Lipinski definition) is 1. The zero-order chi connectivity index (χ0) is 14.3. The Balaban J connectivity index is 1.72. The minimum absolute atomic E-state index is 0.173. The highest BCUT2D eigenvalue weighted by Crippen LogP contribution is 2.36. The molecule has 106 valence electrons. The van der Waals surface area contributed by atoms with E-state index < -0.39 is 0 Å². The predicted octanol–water partition coefficient (Wildman–Crippen LogP) is 3.60. The van der Waals surface area contributed by atoms with Gasteiger partial charge in [-0.05, 0) is 48.4 Å². The number of hydrogen-bond acceptors (Lipinski definition) is 2. The van der Waals surface area contributed by atoms with Crippen LogP contribution in [0.2, 0.25) is 0 Å². The summed E-state index contributed by atoms with van der Waals surface area (Å²) >= 11 is 0. The Bertz CT molecular complexity index is 703. The van der Waals surface area contributed by atoms with Crippen LogP contribution in [-0.4, -0.2) is 17.9 Å². The highest BCUT2D eigenvalue weighted by Gasteiger charge is 2.37. The fourth-order valence-corrected chi connectivity index (χ4v) is 3.78. The number of nitrogens with zero attached hydrogens (tertiary/aromatic N) is 1. The van der Waals surface area contributed by atoms with Crippen molar-refractivity contribution in [2.45, 2.75) is 31.7 Å². The first-order chi connectivity index (χ1) is 10.3. The highest BCUT2D eigenvalue weighted by molar-refractivity contribution is 5.82. The molecule has 0 bridgehead atoms. The van der Waals surface area contributed by atoms with Crippen molar-refractivity contribution < 1.29 is 0 Å². The molecule has 2 aliphatic rings. The van der Waals surface area contributed by atoms with Gasteiger partial charge in [-0.25, -0.2) is 0 Å². The van der Waals surface area contributed by atoms with Crippen LogP contribution in [0.3, 0.4) is 0 Å². The van der Waals surface area contributed by atoms with Crippen LogP contribution in [0.25, 0.3) is 11.1 Å². The van der Waals surface area contributed by atoms with Gasteiger partial charge in [0.2, 0.25) is 0 Å². The lowest BCUT2D eigenvalue weighted by Crippen LogP contribution is -2.49. The Morgan fingerprint density at radius 1 is 1.05 bits per heavy atom. The van der Waals surface area contributed by atoms with Crippen molar-refractivity contribution in [3.63, 3.8) is 0 Å². The van der Waals surface area contributed by atoms with E-state index in [1.807, 2.05) is 0 Å². The van der Waals surface area contributed by atoms with E-state index >= 15 is 0 Å². The molecule has 2 aromatic carbocycles. The number of aliphatic imine (C=N–C) groups is 1. The molecule has 1 aliphatic heterocycles. The first kappa shape index (κ1) is 12.6. The van der Waals surface area contributed by atoms with E-state index in [9.17, 15) is 0 Å². The van der Waals surface area contributed by atoms with Crippen LogP contribution >= 0.6 is 0 Å². The van der Waals surface area contributed by atoms with Crippen LogP contribution in [0.15, 0.2) is 53.5 Å². The van der Waals surface area contributed by atoms with Crippen molar-refractivity contribution in [3.05, 3.63) is 59.7 Å². The SMILES string of the molecule is CC1=NCC2(CCc3c(cccc3-c3ccccc3)C2)N1. The van der Waals surface area contributed by atoms with E-state index in [1.54, 1.807) is 0 Å². The smallest absolute Gasteiger partial charge is 0.0937 e. The first-order valence-corrected chi connectivity index (χ1v) is 7.71. The molecule has 1 spiro atoms. The molecule has 0 saturated heterocycles. The molecule has 0 radical (unpaired) electrons. The number of fused-ring (bicyclic) bond motifs is 1. The van der Waals surface area contributed by atoms with Gasteiger partial charge >= 0.3 is 0 Å². The zero-order valence-corrected chi connectivity index (χ0v) is 12.4. The van der Waals surface area contributed by atoms with Crippen molar-refractivity contribution in [1.29, 1.82) is 0 Å². The number of benzene rings is 2. The Labute approximate surface area is 125 Å². The molecule has 0 aromatic heterocycles. The largest absolute Gasteiger partial charge is 0.366 e. The van der Waals surface area contributed by atoms with Gasteiger partial charge in [0.05, 0.1) is 17.9 Å². The van der Waals surface area contributed by atoms with Crippen molar-refractivity contribution in [1.82, 2.24) is 5.32 Å². The monoisotopic (exact) mass is 276 g/mol. The van der Waals surface area contributed by atoms with Crippen LogP contribution in [-0.2, 0) is 12.8 Å². The lowest BCUT2D eigenvalue weighted by Gasteiger charge is -2.35. The van der Waals surface area contributed by atoms with Gasteiger partial charge in [0.25, 0.3) is 0 Å². The minimum atomic E-state index is 0.173. The molecule has 4 rings (SSSR count). The average Bonchev–Trinajstić information content (AvgIpc) is 2.88. The van der Waals surface area contributed by atoms with Crippen molar-refractivity contribution in [2.24, 2.45) is 4.99 Å². The summed E-state index contributed by atoms with van der Waals surface area (Å²) in [7, 11) is 0. The minimum Gasteiger partial charge on any atom is -0.366 e. The van der Waals surface area contributed by atoms with Crippen molar-refractivity contribution >= 4 is 5.84 Å². The van der Waals surface area contributed by atoms with Crippen molar-refractivity contribution in [2.75, 3.05) is 6.54 Å². The maximum absolute atomic E-state index is 4.57. The third-order valence-corrected chi connectivity index (χ3v) is 4.81. The van der Waals surface area contributed by atoms with Crippen LogP contribution in [0, 0.1) is 0 Å². The second-order valence-corrected chi connectivity index (χ2v) is 6.29. The lowest BCUT2D eigenvalue weighted by molar-refractivity contribution is 0.362. The number of amidine groups is 1. The molecule has 2 heteroatoms. The van der Waals surface area contributed by atoms with E-state index in [2.05, 4.69) is 65.8 Å². The number of rotatable bonds is 1. The summed E-state index contributed by atoms with van der Waals surface area (Å²) in [4.78, 5) is 4.57. The van der Waals surface area contributed by atoms with E-state index in [-0.39, 0.29) is 5.54 Å². The maximum Gasteiger partial charge on any atom is 0.0937 e. The van der Waals surface area contributed by atoms with Gasteiger partial charge in [0, 0.05) is 0 Å². The van der Waals surface area contributed by atoms with E-state index in [0.717, 1.165) is 25.2 Å². The Morgan fingerprint density at radius 2 is 1.90 bits per heavy atom. The summed E-state index contributed by atoms with van der Waals surface area (Å²) in [6, 6.07) is 17.5. The second-order valence-electron chi connectivity index (χ2n) is 6.29. The molecule has 21 heavy (non-hydrogen) atoms. The molecular weight excluding hydrogens is 256 g/mol. The lowest BCUT2D eigenvalue weighted by atomic mass is 9.76. The fraction of sp³-hybridized carbons (Fsp3) is 0.316. The Kier molecular flexibility index (Phi) is 2.85. The van der Waals surface area contributed by atoms with Crippen LogP contribution in [0.1, 0.15) is 24.5 Å². The summed E-state index contributed by atoms with van der Waals surface area (Å²) in [5, 5.41) is 3.62. The third-order valence-electron chi connectivity index (χ3n) is 4.81. The average molecular weight is 276 g/mol. The van der Waals surface area contributed by atoms with E-state index in [4.69, 9.17) is 0 Å². The molecule has 2 aromatic rings. The predicted molar refractivity (Wildman–Crippen MR) is 87.7 cm³/mol. The summed E-state index contributed by atoms with van der Waals surface area (Å²) in [5.74, 6) is 1.10. The summed E-state index contributed by atoms with van der Waals surface area (Å²) in [6.45, 7) is 3.00. The van der Waals surface area contributed by atoms with Crippen LogP contribution < -0.4 is 5.32 Å². The molecule has 0 amide bonds. The molecule has 1 aliphatic carbocycles. The standard InChI is InChI=1S/C19H20N2/c1-14-20-13-19(21-14)11-10-18-16(12-19)8-5-9-17(18)15-6-3-2-4-7-15/h2-9H,10-13H2,1H3,(H,20,21). The van der Waals surface area contributed by atoms with Gasteiger partial charge in [0.15, 0.2) is 0 Å². The molecule has 2 nitrogen and oxygen atoms in total. The van der Waals surface area contributed by atoms with Gasteiger partial charge in [-0.3, -0.25) is 4.99 Å². The van der Waals surface area contributed by atoms with E-state index in [0.29, 0.717) is 0 Å². The number of nitrogens with one attached hydrogen (secondary N) is 1. The highest BCUT2D eigenvalue weighted by atomic mass is 15.1. The van der Waals surface area contributed by atoms with Gasteiger partial charge in [0.1, 0.15) is 0 Å². The molecule has 0 saturated carbocycles. The molecular formula is C19H20N2. The van der Waals surface area contributed by atoms with Crippen LogP contribution in [0.5, 0.6) is 0 Å². The van der Waals surface area contributed by atoms with Gasteiger partial charge in [-0.1, -0.05) is 48.5 Å². The maximum atomic E-state index is 4.57. The second kappa shape index (κ2) is 4.73. The van der Waals surface area contributed by atoms with Gasteiger partial charge < -0.3 is 5.32 Å². The molecule has 1 unspecified atom stereocenters. The van der Waals surface area contributed by atoms with Gasteiger partial charge in [-0.15, -0.1) is 0 Å². The van der Waals surface area contributed by atoms with Crippen molar-refractivity contribution in [3.8, 4) is 11.1 Å². The summed E-state index contributed by atoms with van der Waals surface area (Å²) in [6.07, 6.45) is 3.39. The summed E-state index contributed by atoms with van der Waals surface area (Å²) < 4.78 is 0.